The van der Waals surface area contributed by atoms with Gasteiger partial charge >= 0.3 is 6.09 Å². The third-order valence-electron chi connectivity index (χ3n) is 7.97. The highest BCUT2D eigenvalue weighted by Crippen LogP contribution is 2.52. The Labute approximate surface area is 239 Å². The van der Waals surface area contributed by atoms with Crippen LogP contribution in [-0.2, 0) is 25.0 Å². The molecule has 212 valence electrons. The number of carbonyl (C=O) groups is 2. The smallest absolute Gasteiger partial charge is 0.410 e. The van der Waals surface area contributed by atoms with Gasteiger partial charge in [-0.2, -0.15) is 0 Å². The summed E-state index contributed by atoms with van der Waals surface area (Å²) >= 11 is 0. The van der Waals surface area contributed by atoms with Gasteiger partial charge in [-0.1, -0.05) is 48.5 Å². The summed E-state index contributed by atoms with van der Waals surface area (Å²) in [4.78, 5) is 34.9. The monoisotopic (exact) mass is 572 g/mol. The van der Waals surface area contributed by atoms with E-state index in [1.54, 1.807) is 59.6 Å². The van der Waals surface area contributed by atoms with Crippen LogP contribution in [0.1, 0.15) is 39.2 Å². The van der Waals surface area contributed by atoms with Gasteiger partial charge in [-0.05, 0) is 51.3 Å². The Balaban J connectivity index is 1.55. The predicted octanol–water partition coefficient (Wildman–Crippen LogP) is 5.19. The van der Waals surface area contributed by atoms with Crippen molar-refractivity contribution in [3.8, 4) is 11.1 Å². The standard InChI is InChI=1S/C31H32N4O5S/c1-30(2,3)40-29(37)34-17-15-31(16-18-34)26-24(33(4)28(31)36)19-32-27-25(26)23(21-11-7-5-8-12-21)20-35(27)41(38,39)22-13-9-6-10-14-22/h5-14,19-20H,15-18H2,1-4H3. The molecule has 0 atom stereocenters. The number of carbonyl (C=O) groups excluding carboxylic acids is 2. The van der Waals surface area contributed by atoms with Crippen molar-refractivity contribution in [2.75, 3.05) is 25.0 Å². The highest BCUT2D eigenvalue weighted by Gasteiger charge is 2.53. The Bertz CT molecular complexity index is 1770. The van der Waals surface area contributed by atoms with Crippen molar-refractivity contribution < 1.29 is 22.7 Å². The van der Waals surface area contributed by atoms with Gasteiger partial charge in [0.05, 0.1) is 22.2 Å². The number of hydrogen-bond donors (Lipinski definition) is 0. The van der Waals surface area contributed by atoms with Gasteiger partial charge in [0.25, 0.3) is 10.0 Å². The summed E-state index contributed by atoms with van der Waals surface area (Å²) < 4.78 is 34.6. The number of nitrogens with zero attached hydrogens (tertiary/aromatic N) is 4. The summed E-state index contributed by atoms with van der Waals surface area (Å²) in [7, 11) is -2.26. The summed E-state index contributed by atoms with van der Waals surface area (Å²) in [5.74, 6) is -0.0803. The molecule has 1 spiro atoms. The number of ether oxygens (including phenoxy) is 1. The van der Waals surface area contributed by atoms with Gasteiger partial charge in [0.2, 0.25) is 5.91 Å². The van der Waals surface area contributed by atoms with Crippen molar-refractivity contribution in [3.05, 3.63) is 78.6 Å². The van der Waals surface area contributed by atoms with Crippen molar-refractivity contribution in [2.24, 2.45) is 0 Å². The molecular formula is C31H32N4O5S. The van der Waals surface area contributed by atoms with Crippen molar-refractivity contribution in [1.29, 1.82) is 0 Å². The highest BCUT2D eigenvalue weighted by atomic mass is 32.2. The fourth-order valence-corrected chi connectivity index (χ4v) is 7.36. The summed E-state index contributed by atoms with van der Waals surface area (Å²) in [5.41, 5.74) is 1.62. The molecule has 2 aromatic heterocycles. The zero-order valence-electron chi connectivity index (χ0n) is 23.5. The van der Waals surface area contributed by atoms with E-state index in [4.69, 9.17) is 4.74 Å². The Morgan fingerprint density at radius 2 is 1.59 bits per heavy atom. The molecule has 0 unspecified atom stereocenters. The van der Waals surface area contributed by atoms with Gasteiger partial charge in [0.1, 0.15) is 5.60 Å². The number of hydrogen-bond acceptors (Lipinski definition) is 6. The molecule has 1 fully saturated rings. The highest BCUT2D eigenvalue weighted by molar-refractivity contribution is 7.90. The Morgan fingerprint density at radius 1 is 0.976 bits per heavy atom. The van der Waals surface area contributed by atoms with Crippen LogP contribution in [0.25, 0.3) is 22.2 Å². The summed E-state index contributed by atoms with van der Waals surface area (Å²) in [6, 6.07) is 17.8. The lowest BCUT2D eigenvalue weighted by molar-refractivity contribution is -0.124. The number of rotatable bonds is 3. The number of fused-ring (bicyclic) bond motifs is 4. The molecule has 1 saturated heterocycles. The van der Waals surface area contributed by atoms with Crippen LogP contribution in [0, 0.1) is 0 Å². The molecule has 0 radical (unpaired) electrons. The van der Waals surface area contributed by atoms with Gasteiger partial charge in [0.15, 0.2) is 5.65 Å². The Kier molecular flexibility index (Phi) is 6.22. The maximum absolute atomic E-state index is 14.0. The van der Waals surface area contributed by atoms with E-state index in [9.17, 15) is 18.0 Å². The SMILES string of the molecule is CN1C(=O)C2(CCN(C(=O)OC(C)(C)C)CC2)c2c1cnc1c2c(-c2ccccc2)cn1S(=O)(=O)c1ccccc1. The van der Waals surface area contributed by atoms with Gasteiger partial charge in [-0.25, -0.2) is 22.2 Å². The van der Waals surface area contributed by atoms with E-state index in [1.807, 2.05) is 51.1 Å². The minimum atomic E-state index is -3.99. The van der Waals surface area contributed by atoms with E-state index in [0.29, 0.717) is 42.6 Å². The molecule has 0 aliphatic carbocycles. The van der Waals surface area contributed by atoms with Crippen LogP contribution in [0.3, 0.4) is 0 Å². The maximum atomic E-state index is 14.0. The van der Waals surface area contributed by atoms with Gasteiger partial charge in [-0.15, -0.1) is 0 Å². The molecular weight excluding hydrogens is 540 g/mol. The minimum Gasteiger partial charge on any atom is -0.444 e. The molecule has 2 aliphatic heterocycles. The second kappa shape index (κ2) is 9.44. The fourth-order valence-electron chi connectivity index (χ4n) is 6.02. The lowest BCUT2D eigenvalue weighted by atomic mass is 9.72. The Morgan fingerprint density at radius 3 is 2.20 bits per heavy atom. The first-order valence-corrected chi connectivity index (χ1v) is 15.0. The van der Waals surface area contributed by atoms with Gasteiger partial charge in [0, 0.05) is 42.8 Å². The number of amides is 2. The molecule has 41 heavy (non-hydrogen) atoms. The number of anilines is 1. The van der Waals surface area contributed by atoms with Crippen LogP contribution in [0.4, 0.5) is 10.5 Å². The van der Waals surface area contributed by atoms with Crippen molar-refractivity contribution in [3.63, 3.8) is 0 Å². The van der Waals surface area contributed by atoms with Crippen LogP contribution < -0.4 is 4.90 Å². The number of piperidine rings is 1. The van der Waals surface area contributed by atoms with E-state index in [0.717, 1.165) is 11.1 Å². The lowest BCUT2D eigenvalue weighted by Crippen LogP contribution is -2.50. The third kappa shape index (κ3) is 4.28. The van der Waals surface area contributed by atoms with E-state index in [-0.39, 0.29) is 16.4 Å². The molecule has 6 rings (SSSR count). The Hall–Kier alpha value is -4.18. The van der Waals surface area contributed by atoms with Crippen LogP contribution in [0.2, 0.25) is 0 Å². The predicted molar refractivity (Wildman–Crippen MR) is 156 cm³/mol. The molecule has 2 aliphatic rings. The quantitative estimate of drug-likeness (QED) is 0.335. The minimum absolute atomic E-state index is 0.0803. The van der Waals surface area contributed by atoms with E-state index >= 15 is 0 Å². The average Bonchev–Trinajstić information content (AvgIpc) is 3.44. The van der Waals surface area contributed by atoms with Crippen molar-refractivity contribution >= 4 is 38.7 Å². The number of likely N-dealkylation sites (tertiary alicyclic amines) is 1. The number of benzene rings is 2. The van der Waals surface area contributed by atoms with Crippen LogP contribution >= 0.6 is 0 Å². The first-order chi connectivity index (χ1) is 19.4. The second-order valence-electron chi connectivity index (χ2n) is 11.7. The molecule has 2 aromatic carbocycles. The summed E-state index contributed by atoms with van der Waals surface area (Å²) in [6.07, 6.45) is 3.56. The van der Waals surface area contributed by atoms with E-state index < -0.39 is 27.1 Å². The normalized spacial score (nSPS) is 16.8. The molecule has 4 heterocycles. The number of likely N-dealkylation sites (N-methyl/N-ethyl adjacent to an activating group) is 1. The molecule has 9 nitrogen and oxygen atoms in total. The van der Waals surface area contributed by atoms with Crippen LogP contribution in [0.15, 0.2) is 78.0 Å². The summed E-state index contributed by atoms with van der Waals surface area (Å²) in [6.45, 7) is 6.14. The van der Waals surface area contributed by atoms with E-state index in [2.05, 4.69) is 4.98 Å². The molecule has 0 N–H and O–H groups in total. The first kappa shape index (κ1) is 27.0. The van der Waals surface area contributed by atoms with Crippen LogP contribution in [0.5, 0.6) is 0 Å². The van der Waals surface area contributed by atoms with Crippen molar-refractivity contribution in [2.45, 2.75) is 49.5 Å². The topological polar surface area (TPSA) is 102 Å². The first-order valence-electron chi connectivity index (χ1n) is 13.6. The van der Waals surface area contributed by atoms with E-state index in [1.165, 1.54) is 3.97 Å². The van der Waals surface area contributed by atoms with Gasteiger partial charge in [-0.3, -0.25) is 4.79 Å². The zero-order chi connectivity index (χ0) is 29.2. The second-order valence-corrected chi connectivity index (χ2v) is 13.5. The fraction of sp³-hybridized carbons (Fsp3) is 0.323. The number of pyridine rings is 1. The molecule has 4 aromatic rings. The molecule has 2 amide bonds. The maximum Gasteiger partial charge on any atom is 0.410 e. The summed E-state index contributed by atoms with van der Waals surface area (Å²) in [5, 5.41) is 0.636. The van der Waals surface area contributed by atoms with Crippen LogP contribution in [-0.4, -0.2) is 60.0 Å². The van der Waals surface area contributed by atoms with Gasteiger partial charge < -0.3 is 14.5 Å². The average molecular weight is 573 g/mol. The van der Waals surface area contributed by atoms with Crippen molar-refractivity contribution in [1.82, 2.24) is 13.9 Å². The molecule has 0 saturated carbocycles. The third-order valence-corrected chi connectivity index (χ3v) is 9.63. The number of aromatic nitrogens is 2. The molecule has 10 heteroatoms. The lowest BCUT2D eigenvalue weighted by Gasteiger charge is -2.39. The largest absolute Gasteiger partial charge is 0.444 e. The molecule has 0 bridgehead atoms. The zero-order valence-corrected chi connectivity index (χ0v) is 24.3.